The van der Waals surface area contributed by atoms with Gasteiger partial charge in [0.2, 0.25) is 0 Å². The fourth-order valence-electron chi connectivity index (χ4n) is 3.36. The first-order valence-electron chi connectivity index (χ1n) is 7.36. The van der Waals surface area contributed by atoms with E-state index < -0.39 is 0 Å². The first-order valence-corrected chi connectivity index (χ1v) is 7.36. The molecule has 1 saturated carbocycles. The Balaban J connectivity index is 2.03. The summed E-state index contributed by atoms with van der Waals surface area (Å²) in [6.45, 7) is 8.59. The minimum Gasteiger partial charge on any atom is -0.345 e. The molecule has 1 aliphatic carbocycles. The highest BCUT2D eigenvalue weighted by atomic mass is 15.0. The first-order chi connectivity index (χ1) is 9.45. The Hall–Kier alpha value is -1.61. The summed E-state index contributed by atoms with van der Waals surface area (Å²) in [4.78, 5) is 8.34. The molecular weight excluding hydrogens is 246 g/mol. The van der Waals surface area contributed by atoms with Crippen LogP contribution in [0.5, 0.6) is 0 Å². The molecule has 3 nitrogen and oxygen atoms in total. The lowest BCUT2D eigenvalue weighted by molar-refractivity contribution is 0.340. The zero-order chi connectivity index (χ0) is 14.4. The summed E-state index contributed by atoms with van der Waals surface area (Å²) in [7, 11) is 0. The van der Waals surface area contributed by atoms with Crippen LogP contribution in [0.15, 0.2) is 12.1 Å². The van der Waals surface area contributed by atoms with E-state index in [1.807, 2.05) is 0 Å². The van der Waals surface area contributed by atoms with E-state index in [0.717, 1.165) is 30.1 Å². The number of nitrogens with zero attached hydrogens (tertiary/aromatic N) is 1. The highest BCUT2D eigenvalue weighted by Crippen LogP contribution is 2.37. The second kappa shape index (κ2) is 4.74. The molecule has 0 bridgehead atoms. The van der Waals surface area contributed by atoms with Gasteiger partial charge in [-0.2, -0.15) is 0 Å². The van der Waals surface area contributed by atoms with Gasteiger partial charge in [-0.15, -0.1) is 0 Å². The topological polar surface area (TPSA) is 54.7 Å². The zero-order valence-corrected chi connectivity index (χ0v) is 12.7. The van der Waals surface area contributed by atoms with E-state index in [-0.39, 0.29) is 0 Å². The second-order valence-corrected chi connectivity index (χ2v) is 6.30. The summed E-state index contributed by atoms with van der Waals surface area (Å²) in [6.07, 6.45) is 2.11. The quantitative estimate of drug-likeness (QED) is 0.876. The first kappa shape index (κ1) is 13.4. The Morgan fingerprint density at radius 2 is 1.70 bits per heavy atom. The molecule has 20 heavy (non-hydrogen) atoms. The van der Waals surface area contributed by atoms with Crippen LogP contribution in [0, 0.1) is 27.7 Å². The van der Waals surface area contributed by atoms with Crippen molar-refractivity contribution in [3.63, 3.8) is 0 Å². The average Bonchev–Trinajstić information content (AvgIpc) is 2.66. The molecule has 3 N–H and O–H groups in total. The smallest absolute Gasteiger partial charge is 0.110 e. The maximum absolute atomic E-state index is 5.89. The Bertz CT molecular complexity index is 625. The monoisotopic (exact) mass is 269 g/mol. The maximum atomic E-state index is 5.89. The Kier molecular flexibility index (Phi) is 3.17. The van der Waals surface area contributed by atoms with Crippen LogP contribution in [0.25, 0.3) is 11.3 Å². The third kappa shape index (κ3) is 2.16. The number of aromatic amines is 1. The molecule has 1 fully saturated rings. The molecule has 3 heteroatoms. The summed E-state index contributed by atoms with van der Waals surface area (Å²) >= 11 is 0. The van der Waals surface area contributed by atoms with Crippen LogP contribution in [0.3, 0.4) is 0 Å². The van der Waals surface area contributed by atoms with Gasteiger partial charge in [0.15, 0.2) is 0 Å². The number of H-pyrrole nitrogens is 1. The molecular formula is C17H23N3. The van der Waals surface area contributed by atoms with E-state index >= 15 is 0 Å². The molecule has 0 radical (unpaired) electrons. The van der Waals surface area contributed by atoms with Gasteiger partial charge in [-0.05, 0) is 51.7 Å². The van der Waals surface area contributed by atoms with Crippen LogP contribution in [0.1, 0.15) is 47.0 Å². The molecule has 0 saturated heterocycles. The van der Waals surface area contributed by atoms with E-state index in [1.165, 1.54) is 22.3 Å². The fraction of sp³-hybridized carbons (Fsp3) is 0.471. The fourth-order valence-corrected chi connectivity index (χ4v) is 3.36. The van der Waals surface area contributed by atoms with E-state index in [2.05, 4.69) is 44.8 Å². The van der Waals surface area contributed by atoms with Gasteiger partial charge in [-0.3, -0.25) is 0 Å². The van der Waals surface area contributed by atoms with Crippen molar-refractivity contribution in [3.8, 4) is 11.3 Å². The third-order valence-corrected chi connectivity index (χ3v) is 4.38. The number of nitrogens with two attached hydrogens (primary N) is 1. The van der Waals surface area contributed by atoms with Gasteiger partial charge >= 0.3 is 0 Å². The van der Waals surface area contributed by atoms with Crippen molar-refractivity contribution in [2.45, 2.75) is 52.5 Å². The predicted octanol–water partition coefficient (Wildman–Crippen LogP) is 3.52. The highest BCUT2D eigenvalue weighted by molar-refractivity contribution is 5.70. The van der Waals surface area contributed by atoms with E-state index in [4.69, 9.17) is 10.7 Å². The van der Waals surface area contributed by atoms with E-state index in [9.17, 15) is 0 Å². The van der Waals surface area contributed by atoms with Crippen molar-refractivity contribution in [1.29, 1.82) is 0 Å². The van der Waals surface area contributed by atoms with E-state index in [1.54, 1.807) is 0 Å². The number of aryl methyl sites for hydroxylation is 4. The molecule has 1 aliphatic rings. The summed E-state index contributed by atoms with van der Waals surface area (Å²) in [5.41, 5.74) is 13.3. The largest absolute Gasteiger partial charge is 0.345 e. The molecule has 1 aromatic carbocycles. The Labute approximate surface area is 120 Å². The number of hydrogen-bond acceptors (Lipinski definition) is 2. The molecule has 0 amide bonds. The van der Waals surface area contributed by atoms with Crippen molar-refractivity contribution < 1.29 is 0 Å². The van der Waals surface area contributed by atoms with Gasteiger partial charge in [-0.1, -0.05) is 17.7 Å². The van der Waals surface area contributed by atoms with Gasteiger partial charge in [0.25, 0.3) is 0 Å². The summed E-state index contributed by atoms with van der Waals surface area (Å²) in [5, 5.41) is 0. The van der Waals surface area contributed by atoms with Gasteiger partial charge in [-0.25, -0.2) is 4.98 Å². The molecule has 106 valence electrons. The maximum Gasteiger partial charge on any atom is 0.110 e. The number of imidazole rings is 1. The molecule has 0 spiro atoms. The van der Waals surface area contributed by atoms with Crippen LogP contribution in [0.4, 0.5) is 0 Å². The lowest BCUT2D eigenvalue weighted by atomic mass is 9.80. The Morgan fingerprint density at radius 3 is 2.25 bits per heavy atom. The summed E-state index contributed by atoms with van der Waals surface area (Å²) < 4.78 is 0. The summed E-state index contributed by atoms with van der Waals surface area (Å²) in [6, 6.07) is 4.82. The molecule has 3 rings (SSSR count). The normalized spacial score (nSPS) is 21.9. The number of rotatable bonds is 2. The minimum absolute atomic E-state index is 0.358. The van der Waals surface area contributed by atoms with Crippen molar-refractivity contribution in [2.24, 2.45) is 5.73 Å². The SMILES string of the molecule is Cc1cc(C)c(-c2nc(C3CC(N)C3)[nH]c2C)c(C)c1. The molecule has 0 aliphatic heterocycles. The second-order valence-electron chi connectivity index (χ2n) is 6.30. The van der Waals surface area contributed by atoms with Gasteiger partial charge < -0.3 is 10.7 Å². The van der Waals surface area contributed by atoms with Crippen LogP contribution in [0.2, 0.25) is 0 Å². The van der Waals surface area contributed by atoms with Crippen LogP contribution in [-0.4, -0.2) is 16.0 Å². The number of nitrogens with one attached hydrogen (secondary N) is 1. The third-order valence-electron chi connectivity index (χ3n) is 4.38. The summed E-state index contributed by atoms with van der Waals surface area (Å²) in [5.74, 6) is 1.63. The molecule has 0 atom stereocenters. The number of aromatic nitrogens is 2. The zero-order valence-electron chi connectivity index (χ0n) is 12.7. The highest BCUT2D eigenvalue weighted by Gasteiger charge is 2.30. The lowest BCUT2D eigenvalue weighted by Gasteiger charge is -2.30. The van der Waals surface area contributed by atoms with Crippen molar-refractivity contribution >= 4 is 0 Å². The van der Waals surface area contributed by atoms with Crippen LogP contribution in [-0.2, 0) is 0 Å². The number of hydrogen-bond donors (Lipinski definition) is 2. The molecule has 2 aromatic rings. The van der Waals surface area contributed by atoms with Crippen LogP contribution < -0.4 is 5.73 Å². The molecule has 1 heterocycles. The number of benzene rings is 1. The van der Waals surface area contributed by atoms with Gasteiger partial charge in [0, 0.05) is 23.2 Å². The van der Waals surface area contributed by atoms with Crippen LogP contribution >= 0.6 is 0 Å². The van der Waals surface area contributed by atoms with Crippen molar-refractivity contribution in [2.75, 3.05) is 0 Å². The minimum atomic E-state index is 0.358. The van der Waals surface area contributed by atoms with Gasteiger partial charge in [0.1, 0.15) is 5.82 Å². The Morgan fingerprint density at radius 1 is 1.10 bits per heavy atom. The molecule has 1 aromatic heterocycles. The predicted molar refractivity (Wildman–Crippen MR) is 82.9 cm³/mol. The lowest BCUT2D eigenvalue weighted by Crippen LogP contribution is -2.35. The van der Waals surface area contributed by atoms with Crippen molar-refractivity contribution in [3.05, 3.63) is 40.3 Å². The average molecular weight is 269 g/mol. The van der Waals surface area contributed by atoms with Gasteiger partial charge in [0.05, 0.1) is 5.69 Å². The molecule has 0 unspecified atom stereocenters. The van der Waals surface area contributed by atoms with Crippen molar-refractivity contribution in [1.82, 2.24) is 9.97 Å². The van der Waals surface area contributed by atoms with E-state index in [0.29, 0.717) is 12.0 Å². The standard InChI is InChI=1S/C17H23N3/c1-9-5-10(2)15(11(3)6-9)16-12(4)19-17(20-16)13-7-14(18)8-13/h5-6,13-14H,7-8,18H2,1-4H3,(H,19,20).